The van der Waals surface area contributed by atoms with Crippen LogP contribution in [0.1, 0.15) is 5.56 Å². The van der Waals surface area contributed by atoms with Gasteiger partial charge in [0.25, 0.3) is 5.91 Å². The fraction of sp³-hybridized carbons (Fsp3) is 0. The highest BCUT2D eigenvalue weighted by Gasteiger charge is 1.93. The highest BCUT2D eigenvalue weighted by atomic mass is 32.2. The molecule has 15 heavy (non-hydrogen) atoms. The molecule has 0 saturated carbocycles. The number of benzene rings is 1. The van der Waals surface area contributed by atoms with E-state index >= 15 is 0 Å². The number of hydrogen-bond donors (Lipinski definition) is 0. The van der Waals surface area contributed by atoms with Gasteiger partial charge < -0.3 is 0 Å². The standard InChI is InChI=1S/C9H6FNO3S/c10-8-4-1-7(2-5-8)3-6-9(12)11-15(13)14/h1-6H. The van der Waals surface area contributed by atoms with Crippen LogP contribution in [0.2, 0.25) is 0 Å². The molecule has 0 atom stereocenters. The summed E-state index contributed by atoms with van der Waals surface area (Å²) >= 11 is 0. The third kappa shape index (κ3) is 4.28. The van der Waals surface area contributed by atoms with E-state index in [4.69, 9.17) is 0 Å². The summed E-state index contributed by atoms with van der Waals surface area (Å²) in [4.78, 5) is 10.8. The van der Waals surface area contributed by atoms with Gasteiger partial charge in [-0.3, -0.25) is 4.79 Å². The Balaban J connectivity index is 2.78. The average molecular weight is 227 g/mol. The van der Waals surface area contributed by atoms with Gasteiger partial charge >= 0.3 is 10.5 Å². The molecule has 0 bridgehead atoms. The Morgan fingerprint density at radius 2 is 1.87 bits per heavy atom. The largest absolute Gasteiger partial charge is 0.319 e. The van der Waals surface area contributed by atoms with Gasteiger partial charge in [-0.05, 0) is 23.8 Å². The Morgan fingerprint density at radius 1 is 1.27 bits per heavy atom. The Hall–Kier alpha value is -1.82. The second-order valence-electron chi connectivity index (χ2n) is 2.53. The number of hydrogen-bond acceptors (Lipinski definition) is 3. The molecule has 78 valence electrons. The smallest absolute Gasteiger partial charge is 0.266 e. The van der Waals surface area contributed by atoms with E-state index in [1.54, 1.807) is 0 Å². The number of halogens is 1. The van der Waals surface area contributed by atoms with Crippen LogP contribution in [0.15, 0.2) is 34.7 Å². The number of carbonyl (C=O) groups is 1. The molecule has 0 fully saturated rings. The zero-order valence-electron chi connectivity index (χ0n) is 7.42. The quantitative estimate of drug-likeness (QED) is 0.718. The zero-order chi connectivity index (χ0) is 11.3. The van der Waals surface area contributed by atoms with Gasteiger partial charge in [-0.25, -0.2) is 4.39 Å². The first-order chi connectivity index (χ1) is 7.08. The minimum Gasteiger partial charge on any atom is -0.266 e. The lowest BCUT2D eigenvalue weighted by Crippen LogP contribution is -1.84. The van der Waals surface area contributed by atoms with Crippen LogP contribution in [0.25, 0.3) is 6.08 Å². The van der Waals surface area contributed by atoms with E-state index in [9.17, 15) is 17.6 Å². The molecule has 0 unspecified atom stereocenters. The van der Waals surface area contributed by atoms with E-state index in [-0.39, 0.29) is 5.82 Å². The molecule has 0 spiro atoms. The predicted molar refractivity (Wildman–Crippen MR) is 51.8 cm³/mol. The summed E-state index contributed by atoms with van der Waals surface area (Å²) in [7, 11) is -2.74. The third-order valence-electron chi connectivity index (χ3n) is 1.45. The second kappa shape index (κ2) is 5.16. The van der Waals surface area contributed by atoms with Crippen molar-refractivity contribution in [2.75, 3.05) is 0 Å². The van der Waals surface area contributed by atoms with Crippen LogP contribution < -0.4 is 0 Å². The summed E-state index contributed by atoms with van der Waals surface area (Å²) in [6, 6.07) is 5.36. The van der Waals surface area contributed by atoms with Crippen molar-refractivity contribution in [3.63, 3.8) is 0 Å². The molecule has 0 aliphatic rings. The van der Waals surface area contributed by atoms with Gasteiger partial charge in [0.15, 0.2) is 0 Å². The summed E-state index contributed by atoms with van der Waals surface area (Å²) in [6.07, 6.45) is 2.33. The van der Waals surface area contributed by atoms with Crippen molar-refractivity contribution in [3.05, 3.63) is 41.7 Å². The van der Waals surface area contributed by atoms with Crippen LogP contribution in [0, 0.1) is 5.82 Å². The molecule has 0 aliphatic heterocycles. The predicted octanol–water partition coefficient (Wildman–Crippen LogP) is 1.43. The maximum atomic E-state index is 12.5. The highest BCUT2D eigenvalue weighted by molar-refractivity contribution is 7.62. The van der Waals surface area contributed by atoms with Crippen LogP contribution >= 0.6 is 0 Å². The topological polar surface area (TPSA) is 63.6 Å². The highest BCUT2D eigenvalue weighted by Crippen LogP contribution is 2.04. The second-order valence-corrected chi connectivity index (χ2v) is 3.15. The van der Waals surface area contributed by atoms with Crippen LogP contribution in [0.4, 0.5) is 4.39 Å². The first-order valence-corrected chi connectivity index (χ1v) is 4.90. The minimum atomic E-state index is -2.74. The summed E-state index contributed by atoms with van der Waals surface area (Å²) in [5, 5.41) is 0. The molecule has 0 N–H and O–H groups in total. The number of rotatable bonds is 2. The van der Waals surface area contributed by atoms with Crippen molar-refractivity contribution < 1.29 is 17.6 Å². The van der Waals surface area contributed by atoms with E-state index in [0.717, 1.165) is 6.08 Å². The monoisotopic (exact) mass is 227 g/mol. The molecule has 1 aromatic rings. The lowest BCUT2D eigenvalue weighted by Gasteiger charge is -1.90. The van der Waals surface area contributed by atoms with E-state index < -0.39 is 16.4 Å². The Labute approximate surface area is 86.8 Å². The Bertz CT molecular complexity index is 509. The van der Waals surface area contributed by atoms with E-state index in [1.807, 2.05) is 0 Å². The molecule has 0 saturated heterocycles. The average Bonchev–Trinajstić information content (AvgIpc) is 2.16. The molecular weight excluding hydrogens is 221 g/mol. The molecule has 0 radical (unpaired) electrons. The molecule has 1 rings (SSSR count). The number of carbonyl (C=O) groups excluding carboxylic acids is 1. The van der Waals surface area contributed by atoms with Gasteiger partial charge in [0, 0.05) is 6.08 Å². The Morgan fingerprint density at radius 3 is 2.40 bits per heavy atom. The van der Waals surface area contributed by atoms with Crippen molar-refractivity contribution in [1.82, 2.24) is 0 Å². The number of nitrogens with zero attached hydrogens (tertiary/aromatic N) is 1. The molecule has 0 aromatic heterocycles. The fourth-order valence-electron chi connectivity index (χ4n) is 0.845. The maximum absolute atomic E-state index is 12.5. The first-order valence-electron chi connectivity index (χ1n) is 3.86. The lowest BCUT2D eigenvalue weighted by molar-refractivity contribution is -0.113. The van der Waals surface area contributed by atoms with Crippen molar-refractivity contribution in [2.24, 2.45) is 4.36 Å². The zero-order valence-corrected chi connectivity index (χ0v) is 8.24. The summed E-state index contributed by atoms with van der Waals surface area (Å²) < 4.78 is 35.2. The SMILES string of the molecule is O=C(C=Cc1ccc(F)cc1)N=S(=O)=O. The first kappa shape index (κ1) is 11.3. The number of amides is 1. The van der Waals surface area contributed by atoms with Gasteiger partial charge in [-0.1, -0.05) is 16.5 Å². The molecule has 4 nitrogen and oxygen atoms in total. The van der Waals surface area contributed by atoms with Crippen LogP contribution in [-0.4, -0.2) is 14.3 Å². The fourth-order valence-corrected chi connectivity index (χ4v) is 1.05. The van der Waals surface area contributed by atoms with Gasteiger partial charge in [0.05, 0.1) is 0 Å². The lowest BCUT2D eigenvalue weighted by atomic mass is 10.2. The van der Waals surface area contributed by atoms with Gasteiger partial charge in [-0.2, -0.15) is 8.42 Å². The van der Waals surface area contributed by atoms with E-state index in [1.165, 1.54) is 30.3 Å². The van der Waals surface area contributed by atoms with Gasteiger partial charge in [-0.15, -0.1) is 0 Å². The molecule has 1 amide bonds. The van der Waals surface area contributed by atoms with Crippen LogP contribution in [0.3, 0.4) is 0 Å². The van der Waals surface area contributed by atoms with Crippen molar-refractivity contribution in [3.8, 4) is 0 Å². The molecular formula is C9H6FNO3S. The van der Waals surface area contributed by atoms with Crippen LogP contribution in [0.5, 0.6) is 0 Å². The van der Waals surface area contributed by atoms with E-state index in [2.05, 4.69) is 4.36 Å². The summed E-state index contributed by atoms with van der Waals surface area (Å²) in [6.45, 7) is 0. The van der Waals surface area contributed by atoms with Gasteiger partial charge in [0.2, 0.25) is 0 Å². The molecule has 6 heteroatoms. The molecule has 0 aliphatic carbocycles. The van der Waals surface area contributed by atoms with Gasteiger partial charge in [0.1, 0.15) is 5.82 Å². The minimum absolute atomic E-state index is 0.385. The molecule has 1 aromatic carbocycles. The third-order valence-corrected chi connectivity index (χ3v) is 1.78. The Kier molecular flexibility index (Phi) is 3.87. The van der Waals surface area contributed by atoms with Crippen LogP contribution in [-0.2, 0) is 15.3 Å². The molecule has 0 heterocycles. The van der Waals surface area contributed by atoms with Crippen molar-refractivity contribution in [1.29, 1.82) is 0 Å². The normalized spacial score (nSPS) is 10.2. The van der Waals surface area contributed by atoms with Crippen molar-refractivity contribution in [2.45, 2.75) is 0 Å². The van der Waals surface area contributed by atoms with E-state index in [0.29, 0.717) is 5.56 Å². The summed E-state index contributed by atoms with van der Waals surface area (Å²) in [5.74, 6) is -1.27. The van der Waals surface area contributed by atoms with Crippen molar-refractivity contribution >= 4 is 22.5 Å². The summed E-state index contributed by atoms with van der Waals surface area (Å²) in [5.41, 5.74) is 0.580. The maximum Gasteiger partial charge on any atom is 0.319 e.